The minimum atomic E-state index is -0.0416. The molecule has 6 heteroatoms. The first-order valence-corrected chi connectivity index (χ1v) is 12.0. The van der Waals surface area contributed by atoms with Crippen LogP contribution in [0.5, 0.6) is 11.5 Å². The SMILES string of the molecule is CC[C@H](C)c1ccc(OCCCOc2ccccc2/C=C2\SC(=S)N(CC)C2=O)cc1. The van der Waals surface area contributed by atoms with Gasteiger partial charge in [0.05, 0.1) is 18.1 Å². The molecule has 0 aromatic heterocycles. The first-order chi connectivity index (χ1) is 15.0. The summed E-state index contributed by atoms with van der Waals surface area (Å²) in [5.41, 5.74) is 2.21. The number of hydrogen-bond donors (Lipinski definition) is 0. The number of likely N-dealkylation sites (N-methyl/N-ethyl adjacent to an activating group) is 1. The Hall–Kier alpha value is -2.31. The molecule has 4 nitrogen and oxygen atoms in total. The van der Waals surface area contributed by atoms with Gasteiger partial charge in [0.15, 0.2) is 0 Å². The van der Waals surface area contributed by atoms with Crippen molar-refractivity contribution in [1.29, 1.82) is 0 Å². The quantitative estimate of drug-likeness (QED) is 0.240. The molecule has 1 aliphatic rings. The van der Waals surface area contributed by atoms with Crippen LogP contribution in [-0.4, -0.2) is 34.9 Å². The van der Waals surface area contributed by atoms with Gasteiger partial charge in [-0.2, -0.15) is 0 Å². The number of carbonyl (C=O) groups excluding carboxylic acids is 1. The van der Waals surface area contributed by atoms with Gasteiger partial charge in [0.1, 0.15) is 15.8 Å². The minimum absolute atomic E-state index is 0.0416. The first-order valence-electron chi connectivity index (χ1n) is 10.7. The van der Waals surface area contributed by atoms with E-state index in [1.54, 1.807) is 4.90 Å². The second kappa shape index (κ2) is 11.3. The molecule has 0 unspecified atom stereocenters. The predicted molar refractivity (Wildman–Crippen MR) is 133 cm³/mol. The van der Waals surface area contributed by atoms with Crippen LogP contribution in [-0.2, 0) is 4.79 Å². The Bertz CT molecular complexity index is 940. The minimum Gasteiger partial charge on any atom is -0.493 e. The molecule has 0 aliphatic carbocycles. The van der Waals surface area contributed by atoms with Gasteiger partial charge in [0.2, 0.25) is 0 Å². The molecule has 0 bridgehead atoms. The van der Waals surface area contributed by atoms with Crippen LogP contribution in [0.3, 0.4) is 0 Å². The van der Waals surface area contributed by atoms with Crippen LogP contribution in [0.15, 0.2) is 53.4 Å². The topological polar surface area (TPSA) is 38.8 Å². The molecular weight excluding hydrogens is 426 g/mol. The summed E-state index contributed by atoms with van der Waals surface area (Å²) in [6.45, 7) is 8.05. The number of benzene rings is 2. The Labute approximate surface area is 194 Å². The average molecular weight is 456 g/mol. The van der Waals surface area contributed by atoms with E-state index in [1.807, 2.05) is 49.4 Å². The van der Waals surface area contributed by atoms with Crippen LogP contribution < -0.4 is 9.47 Å². The fourth-order valence-electron chi connectivity index (χ4n) is 3.20. The maximum atomic E-state index is 12.5. The van der Waals surface area contributed by atoms with E-state index in [9.17, 15) is 4.79 Å². The van der Waals surface area contributed by atoms with E-state index in [2.05, 4.69) is 26.0 Å². The number of amides is 1. The summed E-state index contributed by atoms with van der Waals surface area (Å²) >= 11 is 6.63. The molecular formula is C25H29NO3S2. The lowest BCUT2D eigenvalue weighted by Gasteiger charge is -2.12. The summed E-state index contributed by atoms with van der Waals surface area (Å²) in [4.78, 5) is 14.7. The highest BCUT2D eigenvalue weighted by Gasteiger charge is 2.30. The van der Waals surface area contributed by atoms with Crippen molar-refractivity contribution in [1.82, 2.24) is 4.90 Å². The van der Waals surface area contributed by atoms with Crippen molar-refractivity contribution in [2.24, 2.45) is 0 Å². The maximum Gasteiger partial charge on any atom is 0.266 e. The lowest BCUT2D eigenvalue weighted by molar-refractivity contribution is -0.121. The van der Waals surface area contributed by atoms with Crippen LogP contribution in [0.4, 0.5) is 0 Å². The number of carbonyl (C=O) groups is 1. The zero-order valence-corrected chi connectivity index (χ0v) is 19.9. The Kier molecular flexibility index (Phi) is 8.55. The van der Waals surface area contributed by atoms with Crippen molar-refractivity contribution in [2.75, 3.05) is 19.8 Å². The number of ether oxygens (including phenoxy) is 2. The maximum absolute atomic E-state index is 12.5. The molecule has 1 atom stereocenters. The molecule has 164 valence electrons. The Morgan fingerprint density at radius 2 is 1.77 bits per heavy atom. The Morgan fingerprint density at radius 1 is 1.06 bits per heavy atom. The van der Waals surface area contributed by atoms with E-state index in [-0.39, 0.29) is 5.91 Å². The number of nitrogens with zero attached hydrogens (tertiary/aromatic N) is 1. The second-order valence-corrected chi connectivity index (χ2v) is 9.07. The molecule has 31 heavy (non-hydrogen) atoms. The molecule has 0 spiro atoms. The smallest absolute Gasteiger partial charge is 0.266 e. The van der Waals surface area contributed by atoms with E-state index in [1.165, 1.54) is 17.3 Å². The number of thiocarbonyl (C=S) groups is 1. The molecule has 1 heterocycles. The fraction of sp³-hybridized carbons (Fsp3) is 0.360. The molecule has 0 saturated carbocycles. The first kappa shape index (κ1) is 23.4. The Morgan fingerprint density at radius 3 is 2.45 bits per heavy atom. The van der Waals surface area contributed by atoms with Crippen LogP contribution in [0.25, 0.3) is 6.08 Å². The molecule has 2 aromatic rings. The van der Waals surface area contributed by atoms with Crippen LogP contribution >= 0.6 is 24.0 Å². The van der Waals surface area contributed by atoms with E-state index in [4.69, 9.17) is 21.7 Å². The lowest BCUT2D eigenvalue weighted by atomic mass is 9.99. The van der Waals surface area contributed by atoms with E-state index < -0.39 is 0 Å². The van der Waals surface area contributed by atoms with Crippen molar-refractivity contribution in [3.8, 4) is 11.5 Å². The normalized spacial score (nSPS) is 16.1. The predicted octanol–water partition coefficient (Wildman–Crippen LogP) is 6.27. The van der Waals surface area contributed by atoms with Crippen LogP contribution in [0.2, 0.25) is 0 Å². The summed E-state index contributed by atoms with van der Waals surface area (Å²) in [7, 11) is 0. The Balaban J connectivity index is 1.51. The highest BCUT2D eigenvalue weighted by molar-refractivity contribution is 8.26. The third-order valence-corrected chi connectivity index (χ3v) is 6.65. The lowest BCUT2D eigenvalue weighted by Crippen LogP contribution is -2.27. The summed E-state index contributed by atoms with van der Waals surface area (Å²) in [5, 5.41) is 0. The van der Waals surface area contributed by atoms with Gasteiger partial charge in [-0.15, -0.1) is 0 Å². The highest BCUT2D eigenvalue weighted by Crippen LogP contribution is 2.34. The molecule has 1 saturated heterocycles. The van der Waals surface area contributed by atoms with Crippen LogP contribution in [0.1, 0.15) is 50.7 Å². The largest absolute Gasteiger partial charge is 0.493 e. The highest BCUT2D eigenvalue weighted by atomic mass is 32.2. The van der Waals surface area contributed by atoms with E-state index in [0.29, 0.717) is 34.9 Å². The number of hydrogen-bond acceptors (Lipinski definition) is 5. The molecule has 2 aromatic carbocycles. The standard InChI is InChI=1S/C25H29NO3S2/c1-4-18(3)19-11-13-21(14-12-19)28-15-8-16-29-22-10-7-6-9-20(22)17-23-24(27)26(5-2)25(30)31-23/h6-7,9-14,17-18H,4-5,8,15-16H2,1-3H3/b23-17-/t18-/m0/s1. The monoisotopic (exact) mass is 455 g/mol. The zero-order valence-electron chi connectivity index (χ0n) is 18.3. The average Bonchev–Trinajstić information content (AvgIpc) is 3.06. The van der Waals surface area contributed by atoms with E-state index >= 15 is 0 Å². The number of para-hydroxylation sites is 1. The van der Waals surface area contributed by atoms with Gasteiger partial charge in [-0.25, -0.2) is 0 Å². The summed E-state index contributed by atoms with van der Waals surface area (Å²) < 4.78 is 12.4. The van der Waals surface area contributed by atoms with Gasteiger partial charge >= 0.3 is 0 Å². The number of rotatable bonds is 10. The van der Waals surface area contributed by atoms with Crippen molar-refractivity contribution >= 4 is 40.3 Å². The van der Waals surface area contributed by atoms with E-state index in [0.717, 1.165) is 29.9 Å². The third kappa shape index (κ3) is 6.11. The molecule has 0 radical (unpaired) electrons. The van der Waals surface area contributed by atoms with Crippen molar-refractivity contribution in [3.63, 3.8) is 0 Å². The van der Waals surface area contributed by atoms with Crippen molar-refractivity contribution in [2.45, 2.75) is 39.5 Å². The van der Waals surface area contributed by atoms with Gasteiger partial charge < -0.3 is 9.47 Å². The second-order valence-electron chi connectivity index (χ2n) is 7.39. The molecule has 1 amide bonds. The van der Waals surface area contributed by atoms with Gasteiger partial charge in [-0.3, -0.25) is 9.69 Å². The summed E-state index contributed by atoms with van der Waals surface area (Å²) in [6, 6.07) is 16.1. The molecule has 3 rings (SSSR count). The van der Waals surface area contributed by atoms with Gasteiger partial charge in [0, 0.05) is 18.5 Å². The van der Waals surface area contributed by atoms with Crippen molar-refractivity contribution in [3.05, 3.63) is 64.6 Å². The van der Waals surface area contributed by atoms with Gasteiger partial charge in [-0.05, 0) is 49.1 Å². The van der Waals surface area contributed by atoms with Gasteiger partial charge in [0.25, 0.3) is 5.91 Å². The molecule has 1 fully saturated rings. The molecule has 1 aliphatic heterocycles. The summed E-state index contributed by atoms with van der Waals surface area (Å²) in [6.07, 6.45) is 3.76. The molecule has 0 N–H and O–H groups in total. The van der Waals surface area contributed by atoms with Gasteiger partial charge in [-0.1, -0.05) is 68.2 Å². The summed E-state index contributed by atoms with van der Waals surface area (Å²) in [5.74, 6) is 2.16. The third-order valence-electron chi connectivity index (χ3n) is 5.27. The van der Waals surface area contributed by atoms with Crippen molar-refractivity contribution < 1.29 is 14.3 Å². The fourth-order valence-corrected chi connectivity index (χ4v) is 4.58. The van der Waals surface area contributed by atoms with Crippen LogP contribution in [0, 0.1) is 0 Å². The number of thioether (sulfide) groups is 1. The zero-order chi connectivity index (χ0) is 22.2.